The molecule has 0 aliphatic carbocycles. The minimum absolute atomic E-state index is 0.618. The van der Waals surface area contributed by atoms with E-state index in [-0.39, 0.29) is 0 Å². The number of furan rings is 1. The molecule has 3 aromatic heterocycles. The molecule has 0 unspecified atom stereocenters. The summed E-state index contributed by atoms with van der Waals surface area (Å²) < 4.78 is 5.51. The second-order valence-corrected chi connectivity index (χ2v) is 5.22. The molecular formula is C17H15N5O. The van der Waals surface area contributed by atoms with Crippen molar-refractivity contribution in [3.63, 3.8) is 0 Å². The highest BCUT2D eigenvalue weighted by Gasteiger charge is 2.16. The van der Waals surface area contributed by atoms with E-state index in [0.717, 1.165) is 17.1 Å². The van der Waals surface area contributed by atoms with Gasteiger partial charge in [-0.15, -0.1) is 0 Å². The maximum atomic E-state index is 5.51. The van der Waals surface area contributed by atoms with Crippen LogP contribution in [0.3, 0.4) is 0 Å². The van der Waals surface area contributed by atoms with Gasteiger partial charge in [-0.1, -0.05) is 30.3 Å². The normalized spacial score (nSPS) is 11.0. The zero-order valence-electron chi connectivity index (χ0n) is 12.4. The number of hydrogen-bond acceptors (Lipinski definition) is 5. The maximum Gasteiger partial charge on any atom is 0.182 e. The van der Waals surface area contributed by atoms with Gasteiger partial charge in [0, 0.05) is 6.54 Å². The van der Waals surface area contributed by atoms with Crippen molar-refractivity contribution in [2.24, 2.45) is 0 Å². The largest absolute Gasteiger partial charge is 0.467 e. The van der Waals surface area contributed by atoms with Gasteiger partial charge in [0.05, 0.1) is 19.1 Å². The lowest BCUT2D eigenvalue weighted by Crippen LogP contribution is -2.23. The van der Waals surface area contributed by atoms with Crippen LogP contribution in [0.5, 0.6) is 0 Å². The van der Waals surface area contributed by atoms with E-state index >= 15 is 0 Å². The Balaban J connectivity index is 1.73. The standard InChI is InChI=1S/C17H15N5O/c1-2-5-13(6-3-1)9-22(10-14-7-4-8-23-14)17-15-16(19-11-18-15)20-12-21-17/h1-8,11-12H,9-10H2,(H,18,19,20,21). The summed E-state index contributed by atoms with van der Waals surface area (Å²) in [6, 6.07) is 14.1. The minimum atomic E-state index is 0.618. The van der Waals surface area contributed by atoms with E-state index in [0.29, 0.717) is 18.7 Å². The number of nitrogens with zero attached hydrogens (tertiary/aromatic N) is 4. The van der Waals surface area contributed by atoms with E-state index in [9.17, 15) is 0 Å². The second kappa shape index (κ2) is 5.92. The van der Waals surface area contributed by atoms with Crippen LogP contribution in [-0.2, 0) is 13.1 Å². The van der Waals surface area contributed by atoms with Gasteiger partial charge in [-0.05, 0) is 17.7 Å². The summed E-state index contributed by atoms with van der Waals surface area (Å²) in [7, 11) is 0. The van der Waals surface area contributed by atoms with Crippen molar-refractivity contribution in [3.8, 4) is 0 Å². The first-order valence-electron chi connectivity index (χ1n) is 7.35. The summed E-state index contributed by atoms with van der Waals surface area (Å²) in [6.07, 6.45) is 4.86. The highest BCUT2D eigenvalue weighted by molar-refractivity contribution is 5.82. The molecule has 4 aromatic rings. The van der Waals surface area contributed by atoms with Gasteiger partial charge < -0.3 is 14.3 Å². The molecule has 0 spiro atoms. The Morgan fingerprint density at radius 1 is 0.957 bits per heavy atom. The number of fused-ring (bicyclic) bond motifs is 1. The summed E-state index contributed by atoms with van der Waals surface area (Å²) in [6.45, 7) is 1.33. The molecule has 0 aliphatic heterocycles. The molecule has 1 aromatic carbocycles. The number of H-pyrrole nitrogens is 1. The van der Waals surface area contributed by atoms with E-state index in [1.165, 1.54) is 5.56 Å². The molecule has 3 heterocycles. The summed E-state index contributed by atoms with van der Waals surface area (Å²) >= 11 is 0. The van der Waals surface area contributed by atoms with Crippen LogP contribution in [0.4, 0.5) is 5.82 Å². The van der Waals surface area contributed by atoms with Crippen molar-refractivity contribution in [2.45, 2.75) is 13.1 Å². The van der Waals surface area contributed by atoms with Crippen LogP contribution in [0.25, 0.3) is 11.2 Å². The van der Waals surface area contributed by atoms with E-state index < -0.39 is 0 Å². The van der Waals surface area contributed by atoms with E-state index in [1.54, 1.807) is 18.9 Å². The number of imidazole rings is 1. The smallest absolute Gasteiger partial charge is 0.182 e. The predicted molar refractivity (Wildman–Crippen MR) is 86.7 cm³/mol. The summed E-state index contributed by atoms with van der Waals surface area (Å²) in [5.74, 6) is 1.69. The molecule has 4 rings (SSSR count). The van der Waals surface area contributed by atoms with Gasteiger partial charge in [0.1, 0.15) is 17.6 Å². The van der Waals surface area contributed by atoms with Crippen LogP contribution >= 0.6 is 0 Å². The quantitative estimate of drug-likeness (QED) is 0.613. The number of nitrogens with one attached hydrogen (secondary N) is 1. The third-order valence-electron chi connectivity index (χ3n) is 3.65. The third-order valence-corrected chi connectivity index (χ3v) is 3.65. The lowest BCUT2D eigenvalue weighted by molar-refractivity contribution is 0.501. The fraction of sp³-hybridized carbons (Fsp3) is 0.118. The molecular weight excluding hydrogens is 290 g/mol. The van der Waals surface area contributed by atoms with Crippen LogP contribution in [0.2, 0.25) is 0 Å². The molecule has 1 N–H and O–H groups in total. The fourth-order valence-electron chi connectivity index (χ4n) is 2.59. The minimum Gasteiger partial charge on any atom is -0.467 e. The lowest BCUT2D eigenvalue weighted by Gasteiger charge is -2.23. The first-order chi connectivity index (χ1) is 11.4. The maximum absolute atomic E-state index is 5.51. The van der Waals surface area contributed by atoms with Crippen LogP contribution in [0.1, 0.15) is 11.3 Å². The average molecular weight is 305 g/mol. The molecule has 0 amide bonds. The van der Waals surface area contributed by atoms with E-state index in [1.807, 2.05) is 30.3 Å². The molecule has 0 saturated heterocycles. The van der Waals surface area contributed by atoms with Crippen LogP contribution in [-0.4, -0.2) is 19.9 Å². The number of aromatic nitrogens is 4. The topological polar surface area (TPSA) is 70.8 Å². The van der Waals surface area contributed by atoms with Crippen LogP contribution in [0.15, 0.2) is 65.8 Å². The highest BCUT2D eigenvalue weighted by atomic mass is 16.3. The summed E-state index contributed by atoms with van der Waals surface area (Å²) in [5, 5.41) is 0. The van der Waals surface area contributed by atoms with Crippen molar-refractivity contribution in [3.05, 3.63) is 72.7 Å². The Bertz CT molecular complexity index is 886. The molecule has 0 radical (unpaired) electrons. The van der Waals surface area contributed by atoms with Gasteiger partial charge >= 0.3 is 0 Å². The Hall–Kier alpha value is -3.15. The molecule has 0 saturated carbocycles. The fourth-order valence-corrected chi connectivity index (χ4v) is 2.59. The zero-order valence-corrected chi connectivity index (χ0v) is 12.4. The van der Waals surface area contributed by atoms with E-state index in [2.05, 4.69) is 37.0 Å². The Morgan fingerprint density at radius 2 is 1.87 bits per heavy atom. The average Bonchev–Trinajstić information content (AvgIpc) is 3.26. The Labute approximate surface area is 132 Å². The monoisotopic (exact) mass is 305 g/mol. The van der Waals surface area contributed by atoms with Crippen molar-refractivity contribution in [2.75, 3.05) is 4.90 Å². The summed E-state index contributed by atoms with van der Waals surface area (Å²) in [4.78, 5) is 18.1. The Kier molecular flexibility index (Phi) is 3.48. The summed E-state index contributed by atoms with van der Waals surface area (Å²) in [5.41, 5.74) is 2.69. The second-order valence-electron chi connectivity index (χ2n) is 5.22. The SMILES string of the molecule is c1ccc(CN(Cc2ccco2)c2ncnc3nc[nH]c23)cc1. The van der Waals surface area contributed by atoms with Crippen LogP contribution < -0.4 is 4.90 Å². The molecule has 6 nitrogen and oxygen atoms in total. The van der Waals surface area contributed by atoms with Crippen molar-refractivity contribution < 1.29 is 4.42 Å². The first kappa shape index (κ1) is 13.5. The van der Waals surface area contributed by atoms with Crippen molar-refractivity contribution in [1.82, 2.24) is 19.9 Å². The predicted octanol–water partition coefficient (Wildman–Crippen LogP) is 3.15. The Morgan fingerprint density at radius 3 is 2.70 bits per heavy atom. The molecule has 114 valence electrons. The molecule has 0 fully saturated rings. The molecule has 0 aliphatic rings. The number of hydrogen-bond donors (Lipinski definition) is 1. The number of rotatable bonds is 5. The lowest BCUT2D eigenvalue weighted by atomic mass is 10.2. The molecule has 0 bridgehead atoms. The van der Waals surface area contributed by atoms with Crippen molar-refractivity contribution >= 4 is 17.0 Å². The van der Waals surface area contributed by atoms with Gasteiger partial charge in [-0.25, -0.2) is 15.0 Å². The van der Waals surface area contributed by atoms with E-state index in [4.69, 9.17) is 4.42 Å². The van der Waals surface area contributed by atoms with Gasteiger partial charge in [-0.3, -0.25) is 0 Å². The highest BCUT2D eigenvalue weighted by Crippen LogP contribution is 2.23. The van der Waals surface area contributed by atoms with Crippen molar-refractivity contribution in [1.29, 1.82) is 0 Å². The molecule has 0 atom stereocenters. The number of benzene rings is 1. The number of aromatic amines is 1. The molecule has 23 heavy (non-hydrogen) atoms. The number of anilines is 1. The van der Waals surface area contributed by atoms with Gasteiger partial charge in [0.15, 0.2) is 11.5 Å². The van der Waals surface area contributed by atoms with Crippen LogP contribution in [0, 0.1) is 0 Å². The first-order valence-corrected chi connectivity index (χ1v) is 7.35. The van der Waals surface area contributed by atoms with Gasteiger partial charge in [-0.2, -0.15) is 0 Å². The van der Waals surface area contributed by atoms with Gasteiger partial charge in [0.25, 0.3) is 0 Å². The zero-order chi connectivity index (χ0) is 15.5. The van der Waals surface area contributed by atoms with Gasteiger partial charge in [0.2, 0.25) is 0 Å². The molecule has 6 heteroatoms. The third kappa shape index (κ3) is 2.78.